The van der Waals surface area contributed by atoms with Crippen molar-refractivity contribution in [2.45, 2.75) is 12.8 Å². The molecule has 2 N–H and O–H groups in total. The molecule has 7 nitrogen and oxygen atoms in total. The van der Waals surface area contributed by atoms with Gasteiger partial charge in [-0.05, 0) is 31.8 Å². The van der Waals surface area contributed by atoms with Crippen molar-refractivity contribution in [2.24, 2.45) is 5.92 Å². The smallest absolute Gasteiger partial charge is 0.324 e. The number of hydrogen-bond donors (Lipinski definition) is 2. The van der Waals surface area contributed by atoms with Gasteiger partial charge in [-0.1, -0.05) is 0 Å². The highest BCUT2D eigenvalue weighted by molar-refractivity contribution is 5.27. The molecule has 0 spiro atoms. The van der Waals surface area contributed by atoms with Crippen LogP contribution in [0.3, 0.4) is 0 Å². The lowest BCUT2D eigenvalue weighted by Gasteiger charge is -2.22. The Morgan fingerprint density at radius 3 is 2.28 bits per heavy atom. The molecule has 1 saturated heterocycles. The molecular weight excluding hydrogens is 234 g/mol. The van der Waals surface area contributed by atoms with Gasteiger partial charge >= 0.3 is 12.0 Å². The molecule has 1 aromatic rings. The number of rotatable bonds is 5. The summed E-state index contributed by atoms with van der Waals surface area (Å²) >= 11 is 0. The molecule has 0 saturated carbocycles. The van der Waals surface area contributed by atoms with Crippen LogP contribution in [0.25, 0.3) is 0 Å². The maximum Gasteiger partial charge on any atom is 0.324 e. The number of nitrogens with one attached hydrogen (secondary N) is 2. The molecule has 1 fully saturated rings. The predicted molar refractivity (Wildman–Crippen MR) is 67.0 cm³/mol. The molecule has 0 unspecified atom stereocenters. The topological polar surface area (TPSA) is 81.2 Å². The largest absolute Gasteiger partial charge is 0.467 e. The van der Waals surface area contributed by atoms with E-state index < -0.39 is 0 Å². The zero-order valence-corrected chi connectivity index (χ0v) is 10.8. The van der Waals surface area contributed by atoms with Crippen LogP contribution >= 0.6 is 0 Å². The van der Waals surface area contributed by atoms with Crippen LogP contribution in [0.2, 0.25) is 0 Å². The molecule has 2 heterocycles. The van der Waals surface area contributed by atoms with Gasteiger partial charge in [0.2, 0.25) is 5.95 Å². The van der Waals surface area contributed by atoms with Gasteiger partial charge in [0, 0.05) is 6.54 Å². The van der Waals surface area contributed by atoms with Crippen molar-refractivity contribution >= 4 is 5.95 Å². The zero-order valence-electron chi connectivity index (χ0n) is 10.8. The zero-order chi connectivity index (χ0) is 12.8. The van der Waals surface area contributed by atoms with Crippen molar-refractivity contribution in [2.75, 3.05) is 39.2 Å². The summed E-state index contributed by atoms with van der Waals surface area (Å²) < 4.78 is 9.99. The molecular formula is C11H19N5O2. The van der Waals surface area contributed by atoms with E-state index in [-0.39, 0.29) is 12.0 Å². The number of hydrogen-bond acceptors (Lipinski definition) is 7. The number of piperidine rings is 1. The minimum atomic E-state index is 0.259. The number of aromatic nitrogens is 3. The summed E-state index contributed by atoms with van der Waals surface area (Å²) in [6, 6.07) is 0.518. The van der Waals surface area contributed by atoms with Crippen LogP contribution in [0.15, 0.2) is 0 Å². The number of methoxy groups -OCH3 is 2. The lowest BCUT2D eigenvalue weighted by Crippen LogP contribution is -2.31. The second kappa shape index (κ2) is 6.34. The molecule has 7 heteroatoms. The van der Waals surface area contributed by atoms with Crippen LogP contribution in [-0.2, 0) is 0 Å². The van der Waals surface area contributed by atoms with E-state index in [0.29, 0.717) is 11.9 Å². The predicted octanol–water partition coefficient (Wildman–Crippen LogP) is 0.300. The molecule has 0 atom stereocenters. The van der Waals surface area contributed by atoms with Crippen LogP contribution in [0.4, 0.5) is 5.95 Å². The van der Waals surface area contributed by atoms with E-state index in [9.17, 15) is 0 Å². The first kappa shape index (κ1) is 12.8. The highest BCUT2D eigenvalue weighted by Crippen LogP contribution is 2.15. The highest BCUT2D eigenvalue weighted by atomic mass is 16.5. The van der Waals surface area contributed by atoms with Crippen LogP contribution < -0.4 is 20.1 Å². The van der Waals surface area contributed by atoms with Gasteiger partial charge in [-0.3, -0.25) is 0 Å². The van der Waals surface area contributed by atoms with Crippen molar-refractivity contribution in [3.63, 3.8) is 0 Å². The molecule has 100 valence electrons. The van der Waals surface area contributed by atoms with Crippen LogP contribution in [0.1, 0.15) is 12.8 Å². The van der Waals surface area contributed by atoms with E-state index in [1.165, 1.54) is 27.1 Å². The van der Waals surface area contributed by atoms with Crippen LogP contribution in [-0.4, -0.2) is 48.8 Å². The van der Waals surface area contributed by atoms with Crippen molar-refractivity contribution in [3.8, 4) is 12.0 Å². The fourth-order valence-electron chi connectivity index (χ4n) is 1.92. The minimum absolute atomic E-state index is 0.259. The number of anilines is 1. The van der Waals surface area contributed by atoms with E-state index >= 15 is 0 Å². The first-order valence-corrected chi connectivity index (χ1v) is 6.10. The van der Waals surface area contributed by atoms with Crippen LogP contribution in [0.5, 0.6) is 12.0 Å². The summed E-state index contributed by atoms with van der Waals surface area (Å²) in [6.07, 6.45) is 2.35. The SMILES string of the molecule is COc1nc(NCC2CCNCC2)nc(OC)n1. The third-order valence-corrected chi connectivity index (χ3v) is 2.97. The fourth-order valence-corrected chi connectivity index (χ4v) is 1.92. The van der Waals surface area contributed by atoms with E-state index in [2.05, 4.69) is 25.6 Å². The average molecular weight is 253 g/mol. The second-order valence-electron chi connectivity index (χ2n) is 4.21. The molecule has 2 rings (SSSR count). The third-order valence-electron chi connectivity index (χ3n) is 2.97. The summed E-state index contributed by atoms with van der Waals surface area (Å²) in [6.45, 7) is 3.02. The summed E-state index contributed by atoms with van der Waals surface area (Å²) in [4.78, 5) is 12.2. The Morgan fingerprint density at radius 2 is 1.72 bits per heavy atom. The van der Waals surface area contributed by atoms with Gasteiger partial charge in [-0.15, -0.1) is 4.98 Å². The number of nitrogens with zero attached hydrogens (tertiary/aromatic N) is 3. The molecule has 0 amide bonds. The van der Waals surface area contributed by atoms with E-state index in [0.717, 1.165) is 19.6 Å². The summed E-state index contributed by atoms with van der Waals surface area (Å²) in [5, 5.41) is 6.55. The first-order chi connectivity index (χ1) is 8.81. The Hall–Kier alpha value is -1.63. The quantitative estimate of drug-likeness (QED) is 0.781. The van der Waals surface area contributed by atoms with Gasteiger partial charge < -0.3 is 20.1 Å². The Bertz CT molecular complexity index is 359. The second-order valence-corrected chi connectivity index (χ2v) is 4.21. The monoisotopic (exact) mass is 253 g/mol. The van der Waals surface area contributed by atoms with Crippen molar-refractivity contribution in [3.05, 3.63) is 0 Å². The molecule has 0 aliphatic carbocycles. The maximum absolute atomic E-state index is 5.00. The lowest BCUT2D eigenvalue weighted by molar-refractivity contribution is 0.340. The summed E-state index contributed by atoms with van der Waals surface area (Å²) in [7, 11) is 3.04. The fraction of sp³-hybridized carbons (Fsp3) is 0.727. The van der Waals surface area contributed by atoms with Crippen molar-refractivity contribution < 1.29 is 9.47 Å². The van der Waals surface area contributed by atoms with Gasteiger partial charge in [0.1, 0.15) is 0 Å². The average Bonchev–Trinajstić information content (AvgIpc) is 2.45. The van der Waals surface area contributed by atoms with Crippen molar-refractivity contribution in [1.82, 2.24) is 20.3 Å². The summed E-state index contributed by atoms with van der Waals surface area (Å²) in [5.74, 6) is 1.15. The van der Waals surface area contributed by atoms with Gasteiger partial charge in [0.25, 0.3) is 0 Å². The molecule has 1 aliphatic rings. The highest BCUT2D eigenvalue weighted by Gasteiger charge is 2.14. The Balaban J connectivity index is 1.94. The molecule has 1 aromatic heterocycles. The first-order valence-electron chi connectivity index (χ1n) is 6.10. The third kappa shape index (κ3) is 3.43. The van der Waals surface area contributed by atoms with Gasteiger partial charge in [0.05, 0.1) is 14.2 Å². The Labute approximate surface area is 106 Å². The number of ether oxygens (including phenoxy) is 2. The van der Waals surface area contributed by atoms with Crippen LogP contribution in [0, 0.1) is 5.92 Å². The molecule has 1 aliphatic heterocycles. The van der Waals surface area contributed by atoms with E-state index in [1.807, 2.05) is 0 Å². The molecule has 0 radical (unpaired) electrons. The minimum Gasteiger partial charge on any atom is -0.467 e. The molecule has 0 bridgehead atoms. The standard InChI is InChI=1S/C11H19N5O2/c1-17-10-14-9(15-11(16-10)18-2)13-7-8-3-5-12-6-4-8/h8,12H,3-7H2,1-2H3,(H,13,14,15,16). The molecule has 0 aromatic carbocycles. The van der Waals surface area contributed by atoms with Gasteiger partial charge in [0.15, 0.2) is 0 Å². The van der Waals surface area contributed by atoms with Crippen molar-refractivity contribution in [1.29, 1.82) is 0 Å². The van der Waals surface area contributed by atoms with Gasteiger partial charge in [-0.2, -0.15) is 9.97 Å². The Morgan fingerprint density at radius 1 is 1.11 bits per heavy atom. The lowest BCUT2D eigenvalue weighted by atomic mass is 9.98. The normalized spacial score (nSPS) is 16.3. The molecule has 18 heavy (non-hydrogen) atoms. The Kier molecular flexibility index (Phi) is 4.52. The van der Waals surface area contributed by atoms with E-state index in [4.69, 9.17) is 9.47 Å². The van der Waals surface area contributed by atoms with Gasteiger partial charge in [-0.25, -0.2) is 0 Å². The van der Waals surface area contributed by atoms with E-state index in [1.54, 1.807) is 0 Å². The summed E-state index contributed by atoms with van der Waals surface area (Å²) in [5.41, 5.74) is 0. The maximum atomic E-state index is 5.00.